The number of alkyl halides is 2. The molecule has 34 heavy (non-hydrogen) atoms. The molecule has 0 radical (unpaired) electrons. The molecule has 0 N–H and O–H groups in total. The van der Waals surface area contributed by atoms with Crippen LogP contribution < -0.4 is 9.75 Å². The smallest absolute Gasteiger partial charge is 0.270 e. The van der Waals surface area contributed by atoms with Gasteiger partial charge in [0.1, 0.15) is 11.7 Å². The van der Waals surface area contributed by atoms with E-state index in [1.165, 1.54) is 23.2 Å². The number of benzene rings is 3. The largest absolute Gasteiger partial charge is 0.496 e. The van der Waals surface area contributed by atoms with E-state index in [2.05, 4.69) is 5.10 Å². The van der Waals surface area contributed by atoms with Crippen molar-refractivity contribution in [1.29, 1.82) is 0 Å². The van der Waals surface area contributed by atoms with Crippen LogP contribution >= 0.6 is 0 Å². The number of nitrogens with zero attached hydrogens (tertiary/aromatic N) is 2. The van der Waals surface area contributed by atoms with Gasteiger partial charge >= 0.3 is 0 Å². The normalized spacial score (nSPS) is 15.9. The topological polar surface area (TPSA) is 59.0 Å². The second-order valence-electron chi connectivity index (χ2n) is 8.31. The third-order valence-electron chi connectivity index (χ3n) is 5.78. The first-order valence-corrected chi connectivity index (χ1v) is 10.8. The summed E-state index contributed by atoms with van der Waals surface area (Å²) in [6.07, 6.45) is -0.140. The zero-order valence-corrected chi connectivity index (χ0v) is 19.1. The van der Waals surface area contributed by atoms with Gasteiger partial charge in [-0.2, -0.15) is 10.1 Å². The number of hydrogen-bond acceptors (Lipinski definition) is 4. The van der Waals surface area contributed by atoms with Crippen molar-refractivity contribution in [1.82, 2.24) is 0 Å². The summed E-state index contributed by atoms with van der Waals surface area (Å²) in [6.45, 7) is 2.43. The molecule has 3 aromatic carbocycles. The van der Waals surface area contributed by atoms with Gasteiger partial charge in [0.05, 0.1) is 18.5 Å². The molecular formula is C27H24F2N2O3. The first kappa shape index (κ1) is 23.3. The third-order valence-corrected chi connectivity index (χ3v) is 5.78. The molecule has 174 valence electrons. The lowest BCUT2D eigenvalue weighted by Gasteiger charge is -2.17. The number of carbonyl (C=O) groups is 2. The summed E-state index contributed by atoms with van der Waals surface area (Å²) >= 11 is 0. The van der Waals surface area contributed by atoms with Crippen molar-refractivity contribution in [2.24, 2.45) is 11.0 Å². The molecular weight excluding hydrogens is 438 g/mol. The van der Waals surface area contributed by atoms with Gasteiger partial charge in [-0.1, -0.05) is 48.5 Å². The van der Waals surface area contributed by atoms with Crippen LogP contribution in [0.15, 0.2) is 77.9 Å². The first-order valence-electron chi connectivity index (χ1n) is 10.8. The summed E-state index contributed by atoms with van der Waals surface area (Å²) < 4.78 is 32.8. The standard InChI is InChI=1S/C27H24F2N2O3/c1-17-25(23(32)15-18-8-7-11-20(14-18)27(2,28)29)26(33)31(30-17)21-12-13-24(34-3)22(16-21)19-9-5-4-6-10-19/h4-14,16,25H,15H2,1-3H3. The van der Waals surface area contributed by atoms with Crippen molar-refractivity contribution in [3.05, 3.63) is 83.9 Å². The molecule has 5 nitrogen and oxygen atoms in total. The maximum absolute atomic E-state index is 13.7. The summed E-state index contributed by atoms with van der Waals surface area (Å²) in [5, 5.41) is 5.57. The molecule has 1 atom stereocenters. The maximum Gasteiger partial charge on any atom is 0.270 e. The van der Waals surface area contributed by atoms with Gasteiger partial charge in [0.15, 0.2) is 5.78 Å². The lowest BCUT2D eigenvalue weighted by atomic mass is 9.93. The Bertz CT molecular complexity index is 1270. The highest BCUT2D eigenvalue weighted by Gasteiger charge is 2.39. The minimum Gasteiger partial charge on any atom is -0.496 e. The molecule has 0 spiro atoms. The van der Waals surface area contributed by atoms with Crippen LogP contribution in [-0.2, 0) is 21.9 Å². The number of hydrogen-bond donors (Lipinski definition) is 0. The molecule has 0 bridgehead atoms. The van der Waals surface area contributed by atoms with Crippen LogP contribution in [0.3, 0.4) is 0 Å². The minimum atomic E-state index is -3.01. The van der Waals surface area contributed by atoms with Crippen molar-refractivity contribution in [2.45, 2.75) is 26.2 Å². The fourth-order valence-electron chi connectivity index (χ4n) is 4.05. The Kier molecular flexibility index (Phi) is 6.28. The third kappa shape index (κ3) is 4.59. The van der Waals surface area contributed by atoms with Crippen LogP contribution in [0.25, 0.3) is 11.1 Å². The zero-order chi connectivity index (χ0) is 24.5. The number of hydrazone groups is 1. The van der Waals surface area contributed by atoms with Crippen LogP contribution in [0.5, 0.6) is 5.75 Å². The average molecular weight is 462 g/mol. The number of ketones is 1. The first-order chi connectivity index (χ1) is 16.2. The van der Waals surface area contributed by atoms with Gasteiger partial charge in [-0.15, -0.1) is 0 Å². The second-order valence-corrected chi connectivity index (χ2v) is 8.31. The van der Waals surface area contributed by atoms with Crippen molar-refractivity contribution < 1.29 is 23.1 Å². The van der Waals surface area contributed by atoms with Crippen LogP contribution in [-0.4, -0.2) is 24.5 Å². The van der Waals surface area contributed by atoms with E-state index in [-0.39, 0.29) is 17.8 Å². The molecule has 3 aromatic rings. The van der Waals surface area contributed by atoms with Crippen LogP contribution in [0.4, 0.5) is 14.5 Å². The quantitative estimate of drug-likeness (QED) is 0.428. The number of halogens is 2. The monoisotopic (exact) mass is 462 g/mol. The Labute approximate surface area is 196 Å². The zero-order valence-electron chi connectivity index (χ0n) is 19.1. The fourth-order valence-corrected chi connectivity index (χ4v) is 4.05. The number of methoxy groups -OCH3 is 1. The van der Waals surface area contributed by atoms with Crippen molar-refractivity contribution in [3.8, 4) is 16.9 Å². The molecule has 0 saturated carbocycles. The van der Waals surface area contributed by atoms with Gasteiger partial charge in [-0.05, 0) is 42.3 Å². The highest BCUT2D eigenvalue weighted by molar-refractivity contribution is 6.27. The molecule has 1 aliphatic rings. The Morgan fingerprint density at radius 2 is 1.79 bits per heavy atom. The van der Waals surface area contributed by atoms with Gasteiger partial charge in [-0.3, -0.25) is 9.59 Å². The van der Waals surface area contributed by atoms with Gasteiger partial charge in [0.2, 0.25) is 0 Å². The van der Waals surface area contributed by atoms with Crippen LogP contribution in [0.1, 0.15) is 25.0 Å². The number of carbonyl (C=O) groups excluding carboxylic acids is 2. The summed E-state index contributed by atoms with van der Waals surface area (Å²) in [5.74, 6) is -4.29. The molecule has 0 fully saturated rings. The van der Waals surface area contributed by atoms with Gasteiger partial charge in [-0.25, -0.2) is 8.78 Å². The van der Waals surface area contributed by atoms with E-state index in [1.807, 2.05) is 30.3 Å². The fraction of sp³-hybridized carbons (Fsp3) is 0.222. The van der Waals surface area contributed by atoms with E-state index in [0.29, 0.717) is 22.7 Å². The van der Waals surface area contributed by atoms with E-state index in [1.54, 1.807) is 38.3 Å². The molecule has 0 saturated heterocycles. The molecule has 4 rings (SSSR count). The molecule has 1 amide bonds. The Hall–Kier alpha value is -3.87. The predicted molar refractivity (Wildman–Crippen MR) is 127 cm³/mol. The van der Waals surface area contributed by atoms with Gasteiger partial charge in [0.25, 0.3) is 11.8 Å². The molecule has 1 unspecified atom stereocenters. The van der Waals surface area contributed by atoms with Crippen molar-refractivity contribution in [2.75, 3.05) is 12.1 Å². The molecule has 1 aliphatic heterocycles. The van der Waals surface area contributed by atoms with Crippen molar-refractivity contribution >= 4 is 23.1 Å². The van der Waals surface area contributed by atoms with Crippen LogP contribution in [0.2, 0.25) is 0 Å². The number of Topliss-reactive ketones (excluding diaryl/α,β-unsaturated/α-hetero) is 1. The number of ether oxygens (including phenoxy) is 1. The van der Waals surface area contributed by atoms with Gasteiger partial charge < -0.3 is 4.74 Å². The lowest BCUT2D eigenvalue weighted by Crippen LogP contribution is -2.33. The predicted octanol–water partition coefficient (Wildman–Crippen LogP) is 5.62. The number of amides is 1. The average Bonchev–Trinajstić information content (AvgIpc) is 3.12. The van der Waals surface area contributed by atoms with E-state index in [0.717, 1.165) is 18.1 Å². The second kappa shape index (κ2) is 9.17. The van der Waals surface area contributed by atoms with E-state index in [4.69, 9.17) is 4.74 Å². The van der Waals surface area contributed by atoms with Crippen molar-refractivity contribution in [3.63, 3.8) is 0 Å². The van der Waals surface area contributed by atoms with E-state index in [9.17, 15) is 18.4 Å². The Morgan fingerprint density at radius 3 is 2.47 bits per heavy atom. The molecule has 1 heterocycles. The molecule has 7 heteroatoms. The number of anilines is 1. The number of rotatable bonds is 7. The van der Waals surface area contributed by atoms with E-state index >= 15 is 0 Å². The summed E-state index contributed by atoms with van der Waals surface area (Å²) in [6, 6.07) is 20.5. The van der Waals surface area contributed by atoms with Gasteiger partial charge in [0, 0.05) is 24.5 Å². The minimum absolute atomic E-state index is 0.140. The molecule has 0 aromatic heterocycles. The molecule has 0 aliphatic carbocycles. The maximum atomic E-state index is 13.7. The van der Waals surface area contributed by atoms with E-state index < -0.39 is 17.7 Å². The lowest BCUT2D eigenvalue weighted by molar-refractivity contribution is -0.128. The Morgan fingerprint density at radius 1 is 1.06 bits per heavy atom. The Balaban J connectivity index is 1.59. The highest BCUT2D eigenvalue weighted by Crippen LogP contribution is 2.36. The summed E-state index contributed by atoms with van der Waals surface area (Å²) in [5.41, 5.74) is 2.83. The van der Waals surface area contributed by atoms with Crippen LogP contribution in [0, 0.1) is 5.92 Å². The summed E-state index contributed by atoms with van der Waals surface area (Å²) in [4.78, 5) is 26.2. The highest BCUT2D eigenvalue weighted by atomic mass is 19.3. The SMILES string of the molecule is COc1ccc(N2N=C(C)C(C(=O)Cc3cccc(C(C)(F)F)c3)C2=O)cc1-c1ccccc1. The summed E-state index contributed by atoms with van der Waals surface area (Å²) in [7, 11) is 1.57.